The molecule has 0 radical (unpaired) electrons. The van der Waals surface area contributed by atoms with Crippen molar-refractivity contribution >= 4 is 49.6 Å². The molecule has 0 atom stereocenters. The van der Waals surface area contributed by atoms with Gasteiger partial charge in [0.15, 0.2) is 0 Å². The van der Waals surface area contributed by atoms with Gasteiger partial charge in [-0.1, -0.05) is 0 Å². The normalized spacial score (nSPS) is 11.9. The summed E-state index contributed by atoms with van der Waals surface area (Å²) in [6, 6.07) is 9.12. The van der Waals surface area contributed by atoms with Gasteiger partial charge in [0, 0.05) is 36.1 Å². The van der Waals surface area contributed by atoms with Crippen LogP contribution in [0, 0.1) is 5.82 Å². The molecule has 0 bridgehead atoms. The average molecular weight is 573 g/mol. The third-order valence-electron chi connectivity index (χ3n) is 5.91. The molecule has 40 heavy (non-hydrogen) atoms. The first-order chi connectivity index (χ1) is 18.8. The van der Waals surface area contributed by atoms with Crippen molar-refractivity contribution < 1.29 is 31.9 Å². The highest BCUT2D eigenvalue weighted by atomic mass is 32.2. The molecule has 0 aliphatic carbocycles. The van der Waals surface area contributed by atoms with Crippen molar-refractivity contribution in [3.8, 4) is 0 Å². The second-order valence-electron chi connectivity index (χ2n) is 9.98. The summed E-state index contributed by atoms with van der Waals surface area (Å²) in [5.74, 6) is -1.23. The van der Waals surface area contributed by atoms with Gasteiger partial charge in [-0.25, -0.2) is 22.4 Å². The quantitative estimate of drug-likeness (QED) is 0.213. The number of carbonyl (C=O) groups excluding carboxylic acids is 2. The number of alkyl carbamates (subject to hydrolysis) is 1. The van der Waals surface area contributed by atoms with Gasteiger partial charge >= 0.3 is 12.1 Å². The van der Waals surface area contributed by atoms with Gasteiger partial charge in [0.25, 0.3) is 15.6 Å². The Kier molecular flexibility index (Phi) is 7.87. The molecule has 0 saturated carbocycles. The molecule has 0 fully saturated rings. The summed E-state index contributed by atoms with van der Waals surface area (Å²) in [6.07, 6.45) is 1.05. The molecule has 2 heterocycles. The summed E-state index contributed by atoms with van der Waals surface area (Å²) < 4.78 is 51.6. The van der Waals surface area contributed by atoms with E-state index in [1.165, 1.54) is 43.6 Å². The number of amides is 1. The van der Waals surface area contributed by atoms with E-state index in [0.29, 0.717) is 17.3 Å². The number of H-pyrrole nitrogens is 2. The number of benzene rings is 2. The van der Waals surface area contributed by atoms with Crippen LogP contribution in [0.5, 0.6) is 0 Å². The zero-order chi connectivity index (χ0) is 29.2. The number of anilines is 1. The molecule has 4 rings (SSSR count). The van der Waals surface area contributed by atoms with Gasteiger partial charge < -0.3 is 24.8 Å². The van der Waals surface area contributed by atoms with Crippen LogP contribution in [0.4, 0.5) is 14.9 Å². The number of ether oxygens (including phenoxy) is 2. The maximum absolute atomic E-state index is 13.4. The number of esters is 1. The average Bonchev–Trinajstić information content (AvgIpc) is 3.34. The monoisotopic (exact) mass is 572 g/mol. The lowest BCUT2D eigenvalue weighted by atomic mass is 10.1. The fourth-order valence-corrected chi connectivity index (χ4v) is 5.22. The zero-order valence-electron chi connectivity index (χ0n) is 22.3. The molecule has 0 saturated heterocycles. The highest BCUT2D eigenvalue weighted by molar-refractivity contribution is 7.92. The second kappa shape index (κ2) is 11.0. The van der Waals surface area contributed by atoms with Crippen molar-refractivity contribution in [1.29, 1.82) is 0 Å². The fraction of sp³-hybridized carbons (Fsp3) is 0.296. The second-order valence-corrected chi connectivity index (χ2v) is 12.0. The standard InChI is InChI=1S/C27H29FN4O7S/c1-27(2,3)39-26(35)29-12-5-13-38-25(34)20-15-30-23-22(20)19-14-18(10-11-21(19)31-24(23)33)40(36,37)32(4)17-8-6-16(28)7-9-17/h6-11,14-15,30H,5,12-13H2,1-4H3,(H,29,35)(H,31,33). The van der Waals surface area contributed by atoms with E-state index < -0.39 is 39.1 Å². The molecular formula is C27H29FN4O7S. The third kappa shape index (κ3) is 6.09. The van der Waals surface area contributed by atoms with Crippen LogP contribution in [-0.2, 0) is 19.5 Å². The lowest BCUT2D eigenvalue weighted by Crippen LogP contribution is -2.33. The molecule has 1 amide bonds. The smallest absolute Gasteiger partial charge is 0.407 e. The number of halogens is 1. The zero-order valence-corrected chi connectivity index (χ0v) is 23.1. The highest BCUT2D eigenvalue weighted by Crippen LogP contribution is 2.29. The molecule has 4 aromatic rings. The van der Waals surface area contributed by atoms with Crippen LogP contribution in [0.25, 0.3) is 21.8 Å². The first-order valence-corrected chi connectivity index (χ1v) is 13.8. The van der Waals surface area contributed by atoms with Crippen molar-refractivity contribution in [1.82, 2.24) is 15.3 Å². The van der Waals surface area contributed by atoms with Gasteiger partial charge in [-0.15, -0.1) is 0 Å². The summed E-state index contributed by atoms with van der Waals surface area (Å²) in [4.78, 5) is 42.7. The van der Waals surface area contributed by atoms with Crippen LogP contribution in [0.1, 0.15) is 37.6 Å². The molecule has 13 heteroatoms. The molecule has 2 aromatic heterocycles. The number of fused-ring (bicyclic) bond motifs is 3. The lowest BCUT2D eigenvalue weighted by molar-refractivity contribution is 0.0485. The largest absolute Gasteiger partial charge is 0.462 e. The van der Waals surface area contributed by atoms with E-state index in [4.69, 9.17) is 9.47 Å². The van der Waals surface area contributed by atoms with Crippen molar-refractivity contribution in [3.05, 3.63) is 70.4 Å². The minimum atomic E-state index is -4.08. The molecule has 212 valence electrons. The molecule has 11 nitrogen and oxygen atoms in total. The number of carbonyl (C=O) groups is 2. The highest BCUT2D eigenvalue weighted by Gasteiger charge is 2.24. The van der Waals surface area contributed by atoms with Gasteiger partial charge in [0.2, 0.25) is 0 Å². The van der Waals surface area contributed by atoms with E-state index >= 15 is 0 Å². The minimum Gasteiger partial charge on any atom is -0.462 e. The Labute approximate surface area is 229 Å². The first-order valence-electron chi connectivity index (χ1n) is 12.3. The summed E-state index contributed by atoms with van der Waals surface area (Å²) >= 11 is 0. The van der Waals surface area contributed by atoms with Crippen molar-refractivity contribution in [2.75, 3.05) is 24.5 Å². The Bertz CT molecular complexity index is 1740. The van der Waals surface area contributed by atoms with E-state index in [0.717, 1.165) is 16.4 Å². The Hall–Kier alpha value is -4.39. The van der Waals surface area contributed by atoms with E-state index in [2.05, 4.69) is 15.3 Å². The molecule has 0 aliphatic heterocycles. The Morgan fingerprint density at radius 3 is 2.48 bits per heavy atom. The minimum absolute atomic E-state index is 0.0233. The van der Waals surface area contributed by atoms with Crippen molar-refractivity contribution in [2.24, 2.45) is 0 Å². The van der Waals surface area contributed by atoms with Crippen LogP contribution in [0.2, 0.25) is 0 Å². The number of hydrogen-bond acceptors (Lipinski definition) is 7. The Balaban J connectivity index is 1.59. The van der Waals surface area contributed by atoms with E-state index in [9.17, 15) is 27.2 Å². The Morgan fingerprint density at radius 1 is 1.10 bits per heavy atom. The topological polar surface area (TPSA) is 151 Å². The number of rotatable bonds is 8. The van der Waals surface area contributed by atoms with Crippen LogP contribution < -0.4 is 15.2 Å². The predicted octanol–water partition coefficient (Wildman–Crippen LogP) is 4.05. The SMILES string of the molecule is CN(c1ccc(F)cc1)S(=O)(=O)c1ccc2[nH]c(=O)c3[nH]cc(C(=O)OCCCNC(=O)OC(C)(C)C)c3c2c1. The number of nitrogens with zero attached hydrogens (tertiary/aromatic N) is 1. The van der Waals surface area contributed by atoms with Gasteiger partial charge in [-0.05, 0) is 69.7 Å². The molecule has 0 unspecified atom stereocenters. The van der Waals surface area contributed by atoms with Gasteiger partial charge in [-0.3, -0.25) is 9.10 Å². The predicted molar refractivity (Wildman–Crippen MR) is 148 cm³/mol. The Morgan fingerprint density at radius 2 is 1.80 bits per heavy atom. The van der Waals surface area contributed by atoms with Crippen LogP contribution in [0.3, 0.4) is 0 Å². The number of sulfonamides is 1. The maximum Gasteiger partial charge on any atom is 0.407 e. The van der Waals surface area contributed by atoms with Crippen LogP contribution >= 0.6 is 0 Å². The molecule has 0 aliphatic rings. The van der Waals surface area contributed by atoms with Gasteiger partial charge in [0.1, 0.15) is 16.9 Å². The van der Waals surface area contributed by atoms with E-state index in [1.54, 1.807) is 20.8 Å². The number of aromatic nitrogens is 2. The van der Waals surface area contributed by atoms with E-state index in [1.807, 2.05) is 0 Å². The summed E-state index contributed by atoms with van der Waals surface area (Å²) in [7, 11) is -2.74. The molecule has 2 aromatic carbocycles. The summed E-state index contributed by atoms with van der Waals surface area (Å²) in [5.41, 5.74) is -0.444. The van der Waals surface area contributed by atoms with Crippen LogP contribution in [0.15, 0.2) is 58.4 Å². The number of aromatic amines is 2. The van der Waals surface area contributed by atoms with Crippen molar-refractivity contribution in [3.63, 3.8) is 0 Å². The number of nitrogens with one attached hydrogen (secondary N) is 3. The number of pyridine rings is 1. The molecule has 0 spiro atoms. The first kappa shape index (κ1) is 28.6. The summed E-state index contributed by atoms with van der Waals surface area (Å²) in [6.45, 7) is 5.41. The van der Waals surface area contributed by atoms with Gasteiger partial charge in [-0.2, -0.15) is 0 Å². The van der Waals surface area contributed by atoms with E-state index in [-0.39, 0.29) is 40.2 Å². The molecular weight excluding hydrogens is 543 g/mol. The maximum atomic E-state index is 13.4. The lowest BCUT2D eigenvalue weighted by Gasteiger charge is -2.20. The fourth-order valence-electron chi connectivity index (χ4n) is 3.99. The van der Waals surface area contributed by atoms with Crippen LogP contribution in [-0.4, -0.2) is 56.2 Å². The van der Waals surface area contributed by atoms with Gasteiger partial charge in [0.05, 0.1) is 22.8 Å². The third-order valence-corrected chi connectivity index (χ3v) is 7.69. The number of hydrogen-bond donors (Lipinski definition) is 3. The molecule has 3 N–H and O–H groups in total. The van der Waals surface area contributed by atoms with Crippen molar-refractivity contribution in [2.45, 2.75) is 37.7 Å². The summed E-state index contributed by atoms with van der Waals surface area (Å²) in [5, 5.41) is 3.08.